The molecule has 2 heterocycles. The molecule has 0 bridgehead atoms. The minimum absolute atomic E-state index is 0.00209. The van der Waals surface area contributed by atoms with E-state index in [1.54, 1.807) is 11.8 Å². The molecule has 1 fully saturated rings. The van der Waals surface area contributed by atoms with Crippen LogP contribution in [0.1, 0.15) is 24.6 Å². The molecule has 0 saturated carbocycles. The molecule has 0 radical (unpaired) electrons. The highest BCUT2D eigenvalue weighted by molar-refractivity contribution is 5.79. The largest absolute Gasteiger partial charge is 0.469 e. The second kappa shape index (κ2) is 5.81. The zero-order valence-corrected chi connectivity index (χ0v) is 11.1. The second-order valence-corrected chi connectivity index (χ2v) is 4.58. The van der Waals surface area contributed by atoms with Gasteiger partial charge >= 0.3 is 5.97 Å². The third-order valence-electron chi connectivity index (χ3n) is 3.20. The van der Waals surface area contributed by atoms with Gasteiger partial charge in [0, 0.05) is 25.9 Å². The van der Waals surface area contributed by atoms with Gasteiger partial charge in [0.1, 0.15) is 0 Å². The summed E-state index contributed by atoms with van der Waals surface area (Å²) in [4.78, 5) is 29.1. The molecule has 104 valence electrons. The topological polar surface area (TPSA) is 85.5 Å². The summed E-state index contributed by atoms with van der Waals surface area (Å²) in [5, 5.41) is 3.67. The molecular formula is C12H17N3O4. The Hall–Kier alpha value is -1.92. The van der Waals surface area contributed by atoms with Gasteiger partial charge in [0.2, 0.25) is 11.8 Å². The summed E-state index contributed by atoms with van der Waals surface area (Å²) in [6, 6.07) is 0. The predicted octanol–water partition coefficient (Wildman–Crippen LogP) is 0.332. The molecule has 2 rings (SSSR count). The van der Waals surface area contributed by atoms with Crippen LogP contribution >= 0.6 is 0 Å². The maximum absolute atomic E-state index is 12.0. The van der Waals surface area contributed by atoms with Crippen molar-refractivity contribution >= 4 is 11.9 Å². The maximum Gasteiger partial charge on any atom is 0.310 e. The highest BCUT2D eigenvalue weighted by Gasteiger charge is 2.31. The maximum atomic E-state index is 12.0. The van der Waals surface area contributed by atoms with Gasteiger partial charge in [-0.15, -0.1) is 0 Å². The summed E-state index contributed by atoms with van der Waals surface area (Å²) in [7, 11) is 1.37. The van der Waals surface area contributed by atoms with E-state index < -0.39 is 0 Å². The van der Waals surface area contributed by atoms with Gasteiger partial charge in [-0.3, -0.25) is 9.59 Å². The molecule has 7 heteroatoms. The van der Waals surface area contributed by atoms with Crippen molar-refractivity contribution in [1.82, 2.24) is 15.0 Å². The number of nitrogens with zero attached hydrogens (tertiary/aromatic N) is 3. The van der Waals surface area contributed by atoms with E-state index in [-0.39, 0.29) is 17.8 Å². The number of hydrogen-bond acceptors (Lipinski definition) is 6. The lowest BCUT2D eigenvalue weighted by Crippen LogP contribution is -2.30. The summed E-state index contributed by atoms with van der Waals surface area (Å²) in [6.45, 7) is 2.77. The van der Waals surface area contributed by atoms with Crippen LogP contribution in [0.4, 0.5) is 0 Å². The summed E-state index contributed by atoms with van der Waals surface area (Å²) in [5.41, 5.74) is 0. The van der Waals surface area contributed by atoms with Crippen LogP contribution in [0.2, 0.25) is 0 Å². The molecule has 0 aliphatic carbocycles. The number of methoxy groups -OCH3 is 1. The van der Waals surface area contributed by atoms with E-state index in [4.69, 9.17) is 4.52 Å². The van der Waals surface area contributed by atoms with E-state index in [1.807, 2.05) is 0 Å². The van der Waals surface area contributed by atoms with Crippen LogP contribution in [0.5, 0.6) is 0 Å². The number of carbonyl (C=O) groups is 2. The van der Waals surface area contributed by atoms with E-state index >= 15 is 0 Å². The summed E-state index contributed by atoms with van der Waals surface area (Å²) in [5.74, 6) is 0.591. The van der Waals surface area contributed by atoms with Crippen molar-refractivity contribution in [2.75, 3.05) is 20.2 Å². The number of aromatic nitrogens is 2. The van der Waals surface area contributed by atoms with Crippen molar-refractivity contribution in [2.45, 2.75) is 26.2 Å². The quantitative estimate of drug-likeness (QED) is 0.731. The first-order valence-electron chi connectivity index (χ1n) is 6.25. The molecule has 1 amide bonds. The van der Waals surface area contributed by atoms with E-state index in [0.717, 1.165) is 0 Å². The summed E-state index contributed by atoms with van der Waals surface area (Å²) >= 11 is 0. The lowest BCUT2D eigenvalue weighted by atomic mass is 10.1. The number of likely N-dealkylation sites (tertiary alicyclic amines) is 1. The Morgan fingerprint density at radius 2 is 2.32 bits per heavy atom. The van der Waals surface area contributed by atoms with Gasteiger partial charge in [-0.1, -0.05) is 5.16 Å². The number of esters is 1. The number of hydrogen-bond donors (Lipinski definition) is 0. The number of ether oxygens (including phenoxy) is 1. The van der Waals surface area contributed by atoms with Crippen LogP contribution < -0.4 is 0 Å². The minimum atomic E-state index is -0.247. The van der Waals surface area contributed by atoms with Crippen LogP contribution in [0.3, 0.4) is 0 Å². The van der Waals surface area contributed by atoms with E-state index in [9.17, 15) is 9.59 Å². The SMILES string of the molecule is COC(=O)C1CCN(C(=O)CCc2nc(C)no2)C1. The average molecular weight is 267 g/mol. The van der Waals surface area contributed by atoms with Gasteiger partial charge in [0.25, 0.3) is 0 Å². The van der Waals surface area contributed by atoms with Gasteiger partial charge in [0.15, 0.2) is 5.82 Å². The second-order valence-electron chi connectivity index (χ2n) is 4.58. The standard InChI is InChI=1S/C12H17N3O4/c1-8-13-10(19-14-8)3-4-11(16)15-6-5-9(7-15)12(17)18-2/h9H,3-7H2,1-2H3. The van der Waals surface area contributed by atoms with Crippen LogP contribution in [0.15, 0.2) is 4.52 Å². The Morgan fingerprint density at radius 3 is 2.95 bits per heavy atom. The number of aryl methyl sites for hydroxylation is 2. The van der Waals surface area contributed by atoms with Crippen LogP contribution in [0.25, 0.3) is 0 Å². The van der Waals surface area contributed by atoms with E-state index in [0.29, 0.717) is 44.1 Å². The van der Waals surface area contributed by atoms with Crippen molar-refractivity contribution in [3.63, 3.8) is 0 Å². The Labute approximate surface area is 110 Å². The predicted molar refractivity (Wildman–Crippen MR) is 64.1 cm³/mol. The first-order chi connectivity index (χ1) is 9.10. The minimum Gasteiger partial charge on any atom is -0.469 e. The number of rotatable bonds is 4. The van der Waals surface area contributed by atoms with Gasteiger partial charge < -0.3 is 14.2 Å². The Morgan fingerprint density at radius 1 is 1.53 bits per heavy atom. The molecule has 1 atom stereocenters. The normalized spacial score (nSPS) is 18.6. The fourth-order valence-electron chi connectivity index (χ4n) is 2.16. The molecule has 0 N–H and O–H groups in total. The van der Waals surface area contributed by atoms with Crippen LogP contribution in [-0.2, 0) is 20.7 Å². The number of amides is 1. The fourth-order valence-corrected chi connectivity index (χ4v) is 2.16. The van der Waals surface area contributed by atoms with Crippen LogP contribution in [-0.4, -0.2) is 47.1 Å². The first kappa shape index (κ1) is 13.5. The molecule has 1 aliphatic heterocycles. The lowest BCUT2D eigenvalue weighted by Gasteiger charge is -2.15. The molecule has 1 aromatic heterocycles. The monoisotopic (exact) mass is 267 g/mol. The molecule has 0 aromatic carbocycles. The Balaban J connectivity index is 1.80. The van der Waals surface area contributed by atoms with Gasteiger partial charge in [-0.05, 0) is 13.3 Å². The summed E-state index contributed by atoms with van der Waals surface area (Å²) < 4.78 is 9.63. The molecule has 1 unspecified atom stereocenters. The Kier molecular flexibility index (Phi) is 4.13. The zero-order valence-electron chi connectivity index (χ0n) is 11.1. The smallest absolute Gasteiger partial charge is 0.310 e. The van der Waals surface area contributed by atoms with Crippen molar-refractivity contribution in [3.05, 3.63) is 11.7 Å². The molecule has 1 aliphatic rings. The zero-order chi connectivity index (χ0) is 13.8. The van der Waals surface area contributed by atoms with Crippen LogP contribution in [0, 0.1) is 12.8 Å². The third-order valence-corrected chi connectivity index (χ3v) is 3.20. The molecule has 19 heavy (non-hydrogen) atoms. The highest BCUT2D eigenvalue weighted by Crippen LogP contribution is 2.18. The van der Waals surface area contributed by atoms with Crippen molar-refractivity contribution in [1.29, 1.82) is 0 Å². The molecule has 1 aromatic rings. The summed E-state index contributed by atoms with van der Waals surface area (Å²) in [6.07, 6.45) is 1.41. The van der Waals surface area contributed by atoms with Gasteiger partial charge in [-0.25, -0.2) is 0 Å². The first-order valence-corrected chi connectivity index (χ1v) is 6.25. The Bertz CT molecular complexity index is 471. The van der Waals surface area contributed by atoms with Gasteiger partial charge in [0.05, 0.1) is 13.0 Å². The van der Waals surface area contributed by atoms with Crippen molar-refractivity contribution < 1.29 is 18.8 Å². The molecule has 0 spiro atoms. The van der Waals surface area contributed by atoms with E-state index in [1.165, 1.54) is 7.11 Å². The molecule has 7 nitrogen and oxygen atoms in total. The fraction of sp³-hybridized carbons (Fsp3) is 0.667. The van der Waals surface area contributed by atoms with Gasteiger partial charge in [-0.2, -0.15) is 4.98 Å². The third kappa shape index (κ3) is 3.30. The van der Waals surface area contributed by atoms with Crippen molar-refractivity contribution in [2.24, 2.45) is 5.92 Å². The molecule has 1 saturated heterocycles. The average Bonchev–Trinajstić information content (AvgIpc) is 3.04. The van der Waals surface area contributed by atoms with Crippen molar-refractivity contribution in [3.8, 4) is 0 Å². The van der Waals surface area contributed by atoms with E-state index in [2.05, 4.69) is 14.9 Å². The molecular weight excluding hydrogens is 250 g/mol. The highest BCUT2D eigenvalue weighted by atomic mass is 16.5. The number of carbonyl (C=O) groups excluding carboxylic acids is 2. The lowest BCUT2D eigenvalue weighted by molar-refractivity contribution is -0.145.